The van der Waals surface area contributed by atoms with Crippen molar-refractivity contribution < 1.29 is 48.2 Å². The minimum atomic E-state index is -0.544. The maximum atomic E-state index is 9.50. The fourth-order valence-electron chi connectivity index (χ4n) is 11.9. The van der Waals surface area contributed by atoms with Gasteiger partial charge in [0.1, 0.15) is 5.82 Å². The number of ether oxygens (including phenoxy) is 1. The summed E-state index contributed by atoms with van der Waals surface area (Å²) in [6.07, 6.45) is 9.82. The molecule has 434 valence electrons. The first-order valence-corrected chi connectivity index (χ1v) is 29.4. The summed E-state index contributed by atoms with van der Waals surface area (Å²) in [5.74, 6) is 1.000. The fourth-order valence-corrected chi connectivity index (χ4v) is 11.9. The molecular weight excluding hydrogens is 1230 g/mol. The maximum absolute atomic E-state index is 9.50. The van der Waals surface area contributed by atoms with Gasteiger partial charge in [-0.25, -0.2) is 4.98 Å². The molecule has 0 N–H and O–H groups in total. The van der Waals surface area contributed by atoms with Gasteiger partial charge in [-0.15, -0.1) is 24.3 Å². The predicted molar refractivity (Wildman–Crippen MR) is 352 cm³/mol. The van der Waals surface area contributed by atoms with Crippen LogP contribution in [0, 0.1) is 18.5 Å². The van der Waals surface area contributed by atoms with Crippen LogP contribution in [0.15, 0.2) is 206 Å². The monoisotopic (exact) mass is 1320 g/mol. The Morgan fingerprint density at radius 1 is 0.535 bits per heavy atom. The minimum absolute atomic E-state index is 0. The molecule has 4 heterocycles. The van der Waals surface area contributed by atoms with E-state index in [1.54, 1.807) is 18.3 Å². The largest absolute Gasteiger partial charge is 0.510 e. The van der Waals surface area contributed by atoms with E-state index in [1.807, 2.05) is 94.1 Å². The summed E-state index contributed by atoms with van der Waals surface area (Å²) < 4.78 is 131. The Kier molecular flexibility index (Phi) is 12.1. The van der Waals surface area contributed by atoms with Gasteiger partial charge in [0.2, 0.25) is 6.33 Å². The van der Waals surface area contributed by atoms with E-state index in [1.165, 1.54) is 21.3 Å². The molecule has 0 bridgehead atoms. The molecule has 0 atom stereocenters. The smallest absolute Gasteiger partial charge is 0.242 e. The molecule has 6 nitrogen and oxygen atoms in total. The standard InChI is InChI=1S/C79H75N5O.Pt/c1-77(2,3)57-43-44-80-75(49-57)84-70-40-18-15-36-67(70)76-73(83-68-38-16-13-34-65(68)66-35-14-17-39-69(66)83)51-62(52-74(76)84)85-61-32-25-31-60(50-61)82-53-81(71-41-19-20-42-72(71)82)45-22-21-33-63-56(30-24-37-64(63)55-27-11-10-12-28-55)29-23-26-54-46-58(78(4,5)6)48-59(47-54)79(7,8)9;/h10-20,24-25,27-28,30-32,34-44,46-49,51H,21-23,26,29,33,45H2,1-9H3;/q-2;/i10D,11D,12D,13D,14D,16D,17D,27D,28D,34D,35D,38D,39D;. The third-order valence-electron chi connectivity index (χ3n) is 16.3. The second-order valence-electron chi connectivity index (χ2n) is 25.3. The van der Waals surface area contributed by atoms with Crippen LogP contribution in [0.4, 0.5) is 0 Å². The predicted octanol–water partition coefficient (Wildman–Crippen LogP) is 19.5. The number of nitrogens with zero attached hydrogens (tertiary/aromatic N) is 5. The van der Waals surface area contributed by atoms with E-state index in [0.29, 0.717) is 64.9 Å². The van der Waals surface area contributed by atoms with Crippen molar-refractivity contribution in [2.45, 2.75) is 124 Å². The first-order chi connectivity index (χ1) is 46.4. The van der Waals surface area contributed by atoms with Crippen LogP contribution in [-0.2, 0) is 63.1 Å². The normalized spacial score (nSPS) is 14.4. The van der Waals surface area contributed by atoms with Crippen LogP contribution in [-0.4, -0.2) is 18.7 Å². The van der Waals surface area contributed by atoms with Crippen LogP contribution in [0.2, 0.25) is 0 Å². The van der Waals surface area contributed by atoms with E-state index >= 15 is 0 Å². The average Bonchev–Trinajstić information content (AvgIpc) is 1.53. The summed E-state index contributed by atoms with van der Waals surface area (Å²) in [6, 6.07) is 41.4. The van der Waals surface area contributed by atoms with E-state index in [-0.39, 0.29) is 100 Å². The summed E-state index contributed by atoms with van der Waals surface area (Å²) in [5.41, 5.74) is 11.3. The maximum Gasteiger partial charge on any atom is 0.242 e. The summed E-state index contributed by atoms with van der Waals surface area (Å²) in [7, 11) is 0. The van der Waals surface area contributed by atoms with Crippen molar-refractivity contribution >= 4 is 54.6 Å². The molecule has 0 fully saturated rings. The van der Waals surface area contributed by atoms with E-state index in [9.17, 15) is 5.48 Å². The Labute approximate surface area is 540 Å². The number of hydrogen-bond donors (Lipinski definition) is 0. The molecule has 0 aliphatic heterocycles. The van der Waals surface area contributed by atoms with Gasteiger partial charge >= 0.3 is 0 Å². The summed E-state index contributed by atoms with van der Waals surface area (Å²) in [5, 5.41) is 1.14. The minimum Gasteiger partial charge on any atom is -0.510 e. The molecule has 0 spiro atoms. The number of aromatic nitrogens is 5. The number of hydrogen-bond acceptors (Lipinski definition) is 2. The first-order valence-electron chi connectivity index (χ1n) is 35.9. The molecule has 86 heavy (non-hydrogen) atoms. The van der Waals surface area contributed by atoms with Crippen LogP contribution in [0.25, 0.3) is 83.0 Å². The number of aryl methyl sites for hydroxylation is 3. The zero-order valence-corrected chi connectivity index (χ0v) is 52.3. The van der Waals surface area contributed by atoms with Crippen LogP contribution >= 0.6 is 0 Å². The van der Waals surface area contributed by atoms with Gasteiger partial charge in [0.25, 0.3) is 0 Å². The van der Waals surface area contributed by atoms with Crippen LogP contribution in [0.1, 0.15) is 133 Å². The SMILES string of the molecule is [2H]c1c([2H])c([2H])c(-c2cccc(CCCc3cc(C(C)(C)C)cc(C(C)(C)C)c3)c2CCCC[n+]2[c-]n(-c3[c-]c(Oc4[c-]c5c(c(-n6c7c([2H])c([2H])c([2H])c([2H])c7c7c([2H])c([2H])c([2H])c([2H])c76)c4)c4ccccc4n5-c4cc(C(C)(C)C)ccn4)ccc3)c3ccccc32)c([2H])c1[2H].[Pt]. The molecule has 13 aromatic rings. The second-order valence-corrected chi connectivity index (χ2v) is 25.3. The van der Waals surface area contributed by atoms with Gasteiger partial charge in [-0.2, -0.15) is 12.1 Å². The molecule has 0 radical (unpaired) electrons. The van der Waals surface area contributed by atoms with Crippen LogP contribution in [0.5, 0.6) is 11.5 Å². The fraction of sp³-hybridized carbons (Fsp3) is 0.241. The van der Waals surface area contributed by atoms with Crippen molar-refractivity contribution in [1.82, 2.24) is 18.7 Å². The Hall–Kier alpha value is -8.31. The van der Waals surface area contributed by atoms with Crippen LogP contribution < -0.4 is 9.30 Å². The number of pyridine rings is 1. The van der Waals surface area contributed by atoms with Crippen molar-refractivity contribution in [3.8, 4) is 39.8 Å². The van der Waals surface area contributed by atoms with Gasteiger partial charge < -0.3 is 23.0 Å². The number of fused-ring (bicyclic) bond motifs is 7. The van der Waals surface area contributed by atoms with Crippen molar-refractivity contribution in [3.05, 3.63) is 258 Å². The van der Waals surface area contributed by atoms with Gasteiger partial charge in [-0.05, 0) is 141 Å². The molecule has 0 saturated heterocycles. The molecular formula is C79H75N5OPt-2. The average molecular weight is 1320 g/mol. The third kappa shape index (κ3) is 11.4. The van der Waals surface area contributed by atoms with Gasteiger partial charge in [0, 0.05) is 55.1 Å². The van der Waals surface area contributed by atoms with E-state index < -0.39 is 54.4 Å². The molecule has 0 saturated carbocycles. The van der Waals surface area contributed by atoms with Crippen molar-refractivity contribution in [1.29, 1.82) is 0 Å². The van der Waals surface area contributed by atoms with Crippen molar-refractivity contribution in [3.63, 3.8) is 0 Å². The summed E-state index contributed by atoms with van der Waals surface area (Å²) in [4.78, 5) is 4.92. The van der Waals surface area contributed by atoms with Crippen molar-refractivity contribution in [2.24, 2.45) is 0 Å². The molecule has 7 heteroatoms. The van der Waals surface area contributed by atoms with Gasteiger partial charge in [0.05, 0.1) is 46.4 Å². The zero-order valence-electron chi connectivity index (χ0n) is 63.0. The van der Waals surface area contributed by atoms with E-state index in [0.717, 1.165) is 52.5 Å². The Morgan fingerprint density at radius 2 is 1.20 bits per heavy atom. The molecule has 9 aromatic carbocycles. The number of benzene rings is 9. The first kappa shape index (κ1) is 44.2. The van der Waals surface area contributed by atoms with Gasteiger partial charge in [-0.3, -0.25) is 0 Å². The molecule has 0 unspecified atom stereocenters. The van der Waals surface area contributed by atoms with E-state index in [2.05, 4.69) is 110 Å². The number of unbranched alkanes of at least 4 members (excludes halogenated alkanes) is 1. The quantitative estimate of drug-likeness (QED) is 0.0583. The number of imidazole rings is 1. The zero-order chi connectivity index (χ0) is 69.9. The van der Waals surface area contributed by atoms with Crippen LogP contribution in [0.3, 0.4) is 0 Å². The Bertz CT molecular complexity index is 5280. The van der Waals surface area contributed by atoms with Crippen molar-refractivity contribution in [2.75, 3.05) is 0 Å². The third-order valence-corrected chi connectivity index (χ3v) is 16.3. The number of rotatable bonds is 15. The second kappa shape index (κ2) is 23.5. The number of para-hydroxylation sites is 5. The van der Waals surface area contributed by atoms with E-state index in [4.69, 9.17) is 22.1 Å². The molecule has 13 rings (SSSR count). The molecule has 0 amide bonds. The topological polar surface area (TPSA) is 40.8 Å². The summed E-state index contributed by atoms with van der Waals surface area (Å²) in [6.45, 7) is 20.4. The van der Waals surface area contributed by atoms with Gasteiger partial charge in [-0.1, -0.05) is 224 Å². The molecule has 0 aliphatic carbocycles. The molecule has 4 aromatic heterocycles. The van der Waals surface area contributed by atoms with Gasteiger partial charge in [0.15, 0.2) is 0 Å². The summed E-state index contributed by atoms with van der Waals surface area (Å²) >= 11 is 0. The Morgan fingerprint density at radius 3 is 1.92 bits per heavy atom. The molecule has 0 aliphatic rings. The Balaban J connectivity index is 0.00000931.